The Kier molecular flexibility index (Phi) is 2.45. The van der Waals surface area contributed by atoms with Crippen LogP contribution in [0.3, 0.4) is 0 Å². The summed E-state index contributed by atoms with van der Waals surface area (Å²) in [6.07, 6.45) is 8.57. The molecule has 1 saturated heterocycles. The first kappa shape index (κ1) is 9.34. The number of pyridine rings is 1. The van der Waals surface area contributed by atoms with Crippen molar-refractivity contribution in [2.24, 2.45) is 0 Å². The van der Waals surface area contributed by atoms with Crippen LogP contribution in [0.15, 0.2) is 18.3 Å². The van der Waals surface area contributed by atoms with Crippen molar-refractivity contribution < 1.29 is 0 Å². The Bertz CT molecular complexity index is 342. The normalized spacial score (nSPS) is 26.5. The number of fused-ring (bicyclic) bond motifs is 1. The fourth-order valence-electron chi connectivity index (χ4n) is 2.99. The highest BCUT2D eigenvalue weighted by molar-refractivity contribution is 5.25. The number of likely N-dealkylation sites (tertiary alicyclic amines) is 1. The molecule has 1 aliphatic heterocycles. The minimum atomic E-state index is 0.623. The van der Waals surface area contributed by atoms with E-state index in [0.717, 1.165) is 0 Å². The highest BCUT2D eigenvalue weighted by Gasteiger charge is 2.28. The van der Waals surface area contributed by atoms with Crippen LogP contribution < -0.4 is 0 Å². The molecule has 3 rings (SSSR count). The van der Waals surface area contributed by atoms with Gasteiger partial charge >= 0.3 is 0 Å². The van der Waals surface area contributed by atoms with Crippen molar-refractivity contribution in [3.8, 4) is 0 Å². The summed E-state index contributed by atoms with van der Waals surface area (Å²) in [5.74, 6) is 0. The maximum absolute atomic E-state index is 4.60. The lowest BCUT2D eigenvalue weighted by atomic mass is 9.91. The van der Waals surface area contributed by atoms with E-state index in [1.165, 1.54) is 56.5 Å². The summed E-state index contributed by atoms with van der Waals surface area (Å²) < 4.78 is 0. The third kappa shape index (κ3) is 1.67. The largest absolute Gasteiger partial charge is 0.295 e. The number of aryl methyl sites for hydroxylation is 1. The Morgan fingerprint density at radius 3 is 2.93 bits per heavy atom. The van der Waals surface area contributed by atoms with Crippen LogP contribution in [0.2, 0.25) is 0 Å². The average Bonchev–Trinajstić information content (AvgIpc) is 2.82. The molecule has 15 heavy (non-hydrogen) atoms. The van der Waals surface area contributed by atoms with Crippen LogP contribution in [-0.2, 0) is 6.42 Å². The second kappa shape index (κ2) is 3.93. The fourth-order valence-corrected chi connectivity index (χ4v) is 2.99. The molecule has 0 saturated carbocycles. The predicted octanol–water partition coefficient (Wildman–Crippen LogP) is 2.55. The highest BCUT2D eigenvalue weighted by Crippen LogP contribution is 2.34. The lowest BCUT2D eigenvalue weighted by molar-refractivity contribution is 0.216. The zero-order valence-corrected chi connectivity index (χ0v) is 9.15. The van der Waals surface area contributed by atoms with Crippen LogP contribution in [0.4, 0.5) is 0 Å². The van der Waals surface area contributed by atoms with Gasteiger partial charge in [-0.2, -0.15) is 0 Å². The Morgan fingerprint density at radius 2 is 2.07 bits per heavy atom. The maximum atomic E-state index is 4.60. The SMILES string of the molecule is c1cnc2c(c1)CCC[C@@H]2N1CCCC1. The zero-order valence-electron chi connectivity index (χ0n) is 9.15. The molecular formula is C13H18N2. The number of hydrogen-bond donors (Lipinski definition) is 0. The predicted molar refractivity (Wildman–Crippen MR) is 60.7 cm³/mol. The quantitative estimate of drug-likeness (QED) is 0.695. The summed E-state index contributed by atoms with van der Waals surface area (Å²) in [6.45, 7) is 2.56. The molecule has 1 atom stereocenters. The zero-order chi connectivity index (χ0) is 10.1. The van der Waals surface area contributed by atoms with Crippen molar-refractivity contribution >= 4 is 0 Å². The van der Waals surface area contributed by atoms with Crippen molar-refractivity contribution in [3.63, 3.8) is 0 Å². The van der Waals surface area contributed by atoms with E-state index in [2.05, 4.69) is 22.0 Å². The number of rotatable bonds is 1. The first-order valence-corrected chi connectivity index (χ1v) is 6.13. The third-order valence-corrected chi connectivity index (χ3v) is 3.75. The van der Waals surface area contributed by atoms with Gasteiger partial charge in [-0.25, -0.2) is 0 Å². The Balaban J connectivity index is 1.91. The van der Waals surface area contributed by atoms with Crippen molar-refractivity contribution in [2.75, 3.05) is 13.1 Å². The van der Waals surface area contributed by atoms with Crippen LogP contribution in [0.25, 0.3) is 0 Å². The van der Waals surface area contributed by atoms with E-state index < -0.39 is 0 Å². The van der Waals surface area contributed by atoms with Gasteiger partial charge in [0, 0.05) is 6.20 Å². The van der Waals surface area contributed by atoms with Gasteiger partial charge in [-0.05, 0) is 56.8 Å². The number of hydrogen-bond acceptors (Lipinski definition) is 2. The van der Waals surface area contributed by atoms with E-state index in [1.807, 2.05) is 6.20 Å². The molecule has 0 unspecified atom stereocenters. The molecule has 0 amide bonds. The van der Waals surface area contributed by atoms with E-state index in [9.17, 15) is 0 Å². The molecule has 1 fully saturated rings. The van der Waals surface area contributed by atoms with E-state index in [1.54, 1.807) is 0 Å². The first-order valence-electron chi connectivity index (χ1n) is 6.13. The lowest BCUT2D eigenvalue weighted by Crippen LogP contribution is -2.29. The first-order chi connectivity index (χ1) is 7.45. The molecule has 0 N–H and O–H groups in total. The van der Waals surface area contributed by atoms with Gasteiger partial charge < -0.3 is 0 Å². The van der Waals surface area contributed by atoms with Gasteiger partial charge in [0.25, 0.3) is 0 Å². The smallest absolute Gasteiger partial charge is 0.0607 e. The molecule has 1 aliphatic carbocycles. The molecule has 0 bridgehead atoms. The van der Waals surface area contributed by atoms with Gasteiger partial charge in [0.15, 0.2) is 0 Å². The van der Waals surface area contributed by atoms with Crippen molar-refractivity contribution in [1.82, 2.24) is 9.88 Å². The number of aromatic nitrogens is 1. The Morgan fingerprint density at radius 1 is 1.20 bits per heavy atom. The molecule has 1 aromatic rings. The highest BCUT2D eigenvalue weighted by atomic mass is 15.2. The maximum Gasteiger partial charge on any atom is 0.0607 e. The molecule has 2 heterocycles. The summed E-state index contributed by atoms with van der Waals surface area (Å²) in [5.41, 5.74) is 2.85. The third-order valence-electron chi connectivity index (χ3n) is 3.75. The molecular weight excluding hydrogens is 184 g/mol. The second-order valence-electron chi connectivity index (χ2n) is 4.70. The van der Waals surface area contributed by atoms with Crippen LogP contribution in [0.1, 0.15) is 43.0 Å². The van der Waals surface area contributed by atoms with Gasteiger partial charge in [0.05, 0.1) is 11.7 Å². The van der Waals surface area contributed by atoms with Crippen LogP contribution in [0.5, 0.6) is 0 Å². The molecule has 0 aromatic carbocycles. The summed E-state index contributed by atoms with van der Waals surface area (Å²) >= 11 is 0. The average molecular weight is 202 g/mol. The van der Waals surface area contributed by atoms with Gasteiger partial charge in [0.2, 0.25) is 0 Å². The van der Waals surface area contributed by atoms with Crippen molar-refractivity contribution in [2.45, 2.75) is 38.1 Å². The summed E-state index contributed by atoms with van der Waals surface area (Å²) in [7, 11) is 0. The van der Waals surface area contributed by atoms with Crippen LogP contribution >= 0.6 is 0 Å². The van der Waals surface area contributed by atoms with Gasteiger partial charge in [-0.3, -0.25) is 9.88 Å². The molecule has 1 aromatic heterocycles. The fraction of sp³-hybridized carbons (Fsp3) is 0.615. The minimum absolute atomic E-state index is 0.623. The summed E-state index contributed by atoms with van der Waals surface area (Å²) in [6, 6.07) is 4.95. The molecule has 0 spiro atoms. The van der Waals surface area contributed by atoms with Crippen LogP contribution in [-0.4, -0.2) is 23.0 Å². The molecule has 2 heteroatoms. The minimum Gasteiger partial charge on any atom is -0.295 e. The van der Waals surface area contributed by atoms with Crippen molar-refractivity contribution in [1.29, 1.82) is 0 Å². The topological polar surface area (TPSA) is 16.1 Å². The van der Waals surface area contributed by atoms with Gasteiger partial charge in [-0.15, -0.1) is 0 Å². The summed E-state index contributed by atoms with van der Waals surface area (Å²) in [4.78, 5) is 7.23. The molecule has 2 aliphatic rings. The molecule has 0 radical (unpaired) electrons. The van der Waals surface area contributed by atoms with E-state index >= 15 is 0 Å². The Hall–Kier alpha value is -0.890. The number of nitrogens with zero attached hydrogens (tertiary/aromatic N) is 2. The monoisotopic (exact) mass is 202 g/mol. The van der Waals surface area contributed by atoms with Crippen LogP contribution in [0, 0.1) is 0 Å². The molecule has 2 nitrogen and oxygen atoms in total. The van der Waals surface area contributed by atoms with E-state index in [4.69, 9.17) is 0 Å². The van der Waals surface area contributed by atoms with Crippen molar-refractivity contribution in [3.05, 3.63) is 29.6 Å². The summed E-state index contributed by atoms with van der Waals surface area (Å²) in [5, 5.41) is 0. The lowest BCUT2D eigenvalue weighted by Gasteiger charge is -2.31. The van der Waals surface area contributed by atoms with Gasteiger partial charge in [-0.1, -0.05) is 6.07 Å². The van der Waals surface area contributed by atoms with E-state index in [-0.39, 0.29) is 0 Å². The second-order valence-corrected chi connectivity index (χ2v) is 4.70. The standard InChI is InChI=1S/C13H18N2/c1-2-10-15(9-1)12-7-3-5-11-6-4-8-14-13(11)12/h4,6,8,12H,1-3,5,7,9-10H2/t12-/m0/s1. The molecule has 80 valence electrons. The van der Waals surface area contributed by atoms with E-state index in [0.29, 0.717) is 6.04 Å². The van der Waals surface area contributed by atoms with Gasteiger partial charge in [0.1, 0.15) is 0 Å². The Labute approximate surface area is 91.3 Å².